The largest absolute Gasteiger partial charge is 0.481 e. The molecule has 4 nitrogen and oxygen atoms in total. The molecule has 1 aromatic rings. The molecular formula is C17H31N3O. The lowest BCUT2D eigenvalue weighted by Crippen LogP contribution is -2.32. The van der Waals surface area contributed by atoms with Crippen LogP contribution >= 0.6 is 0 Å². The lowest BCUT2D eigenvalue weighted by molar-refractivity contribution is 0.394. The van der Waals surface area contributed by atoms with Crippen molar-refractivity contribution < 1.29 is 4.74 Å². The van der Waals surface area contributed by atoms with Crippen molar-refractivity contribution in [2.24, 2.45) is 0 Å². The maximum absolute atomic E-state index is 5.17. The smallest absolute Gasteiger partial charge is 0.216 e. The summed E-state index contributed by atoms with van der Waals surface area (Å²) >= 11 is 0. The molecule has 120 valence electrons. The van der Waals surface area contributed by atoms with E-state index < -0.39 is 0 Å². The van der Waals surface area contributed by atoms with Gasteiger partial charge in [0.1, 0.15) is 6.33 Å². The topological polar surface area (TPSA) is 47.0 Å². The molecular weight excluding hydrogens is 262 g/mol. The zero-order valence-corrected chi connectivity index (χ0v) is 13.9. The Balaban J connectivity index is 2.43. The highest BCUT2D eigenvalue weighted by Crippen LogP contribution is 2.13. The zero-order chi connectivity index (χ0) is 15.3. The molecule has 1 rings (SSSR count). The minimum absolute atomic E-state index is 0.506. The summed E-state index contributed by atoms with van der Waals surface area (Å²) in [7, 11) is 1.65. The van der Waals surface area contributed by atoms with Gasteiger partial charge < -0.3 is 10.1 Å². The molecule has 0 fully saturated rings. The van der Waals surface area contributed by atoms with Gasteiger partial charge in [0, 0.05) is 24.2 Å². The molecule has 1 unspecified atom stereocenters. The summed E-state index contributed by atoms with van der Waals surface area (Å²) in [6.07, 6.45) is 11.6. The summed E-state index contributed by atoms with van der Waals surface area (Å²) in [5.74, 6) is 0.650. The van der Waals surface area contributed by atoms with E-state index >= 15 is 0 Å². The highest BCUT2D eigenvalue weighted by atomic mass is 16.5. The first-order chi connectivity index (χ1) is 10.3. The van der Waals surface area contributed by atoms with E-state index in [4.69, 9.17) is 4.74 Å². The fourth-order valence-electron chi connectivity index (χ4n) is 2.47. The standard InChI is InChI=1S/C17H31N3O/c1-4-6-7-8-9-10-15(18-11-5-2)12-16-13-17(21-3)20-14-19-16/h13-15,18H,4-12H2,1-3H3. The Hall–Kier alpha value is -1.16. The van der Waals surface area contributed by atoms with E-state index in [0.29, 0.717) is 11.9 Å². The van der Waals surface area contributed by atoms with E-state index in [0.717, 1.165) is 18.7 Å². The van der Waals surface area contributed by atoms with Crippen LogP contribution in [0.15, 0.2) is 12.4 Å². The Morgan fingerprint density at radius 2 is 1.90 bits per heavy atom. The van der Waals surface area contributed by atoms with Crippen LogP contribution in [0.2, 0.25) is 0 Å². The third-order valence-corrected chi connectivity index (χ3v) is 3.70. The fourth-order valence-corrected chi connectivity index (χ4v) is 2.47. The van der Waals surface area contributed by atoms with Gasteiger partial charge in [-0.1, -0.05) is 46.0 Å². The molecule has 0 aromatic carbocycles. The molecule has 0 spiro atoms. The van der Waals surface area contributed by atoms with Crippen LogP contribution in [0.4, 0.5) is 0 Å². The second-order valence-electron chi connectivity index (χ2n) is 5.61. The average Bonchev–Trinajstić information content (AvgIpc) is 2.52. The highest BCUT2D eigenvalue weighted by molar-refractivity contribution is 5.14. The number of methoxy groups -OCH3 is 1. The van der Waals surface area contributed by atoms with Gasteiger partial charge in [0.05, 0.1) is 7.11 Å². The molecule has 1 N–H and O–H groups in total. The van der Waals surface area contributed by atoms with Crippen molar-refractivity contribution in [1.29, 1.82) is 0 Å². The normalized spacial score (nSPS) is 12.3. The van der Waals surface area contributed by atoms with Gasteiger partial charge >= 0.3 is 0 Å². The van der Waals surface area contributed by atoms with Crippen molar-refractivity contribution >= 4 is 0 Å². The van der Waals surface area contributed by atoms with Gasteiger partial charge in [-0.15, -0.1) is 0 Å². The van der Waals surface area contributed by atoms with Gasteiger partial charge in [-0.2, -0.15) is 0 Å². The van der Waals surface area contributed by atoms with E-state index in [-0.39, 0.29) is 0 Å². The van der Waals surface area contributed by atoms with Crippen molar-refractivity contribution in [1.82, 2.24) is 15.3 Å². The first-order valence-corrected chi connectivity index (χ1v) is 8.38. The fraction of sp³-hybridized carbons (Fsp3) is 0.765. The molecule has 0 aliphatic carbocycles. The predicted octanol–water partition coefficient (Wildman–Crippen LogP) is 3.76. The Morgan fingerprint density at radius 3 is 2.62 bits per heavy atom. The van der Waals surface area contributed by atoms with E-state index in [2.05, 4.69) is 29.1 Å². The Kier molecular flexibility index (Phi) is 9.79. The van der Waals surface area contributed by atoms with Crippen molar-refractivity contribution in [3.8, 4) is 5.88 Å². The molecule has 0 saturated carbocycles. The summed E-state index contributed by atoms with van der Waals surface area (Å²) < 4.78 is 5.17. The Morgan fingerprint density at radius 1 is 1.10 bits per heavy atom. The Bertz CT molecular complexity index is 371. The Labute approximate surface area is 129 Å². The number of unbranched alkanes of at least 4 members (excludes halogenated alkanes) is 4. The minimum atomic E-state index is 0.506. The van der Waals surface area contributed by atoms with Gasteiger partial charge in [-0.05, 0) is 19.4 Å². The highest BCUT2D eigenvalue weighted by Gasteiger charge is 2.10. The minimum Gasteiger partial charge on any atom is -0.481 e. The van der Waals surface area contributed by atoms with E-state index in [1.165, 1.54) is 44.9 Å². The number of aromatic nitrogens is 2. The first-order valence-electron chi connectivity index (χ1n) is 8.38. The molecule has 0 amide bonds. The predicted molar refractivity (Wildman–Crippen MR) is 87.7 cm³/mol. The maximum atomic E-state index is 5.17. The number of rotatable bonds is 12. The van der Waals surface area contributed by atoms with Gasteiger partial charge in [0.15, 0.2) is 0 Å². The van der Waals surface area contributed by atoms with Crippen LogP contribution in [0.3, 0.4) is 0 Å². The summed E-state index contributed by atoms with van der Waals surface area (Å²) in [5, 5.41) is 3.65. The molecule has 1 atom stereocenters. The molecule has 0 saturated heterocycles. The molecule has 1 heterocycles. The lowest BCUT2D eigenvalue weighted by atomic mass is 10.0. The van der Waals surface area contributed by atoms with Crippen LogP contribution in [-0.2, 0) is 6.42 Å². The quantitative estimate of drug-likeness (QED) is 0.596. The number of ether oxygens (including phenoxy) is 1. The van der Waals surface area contributed by atoms with Gasteiger partial charge in [0.2, 0.25) is 5.88 Å². The third kappa shape index (κ3) is 8.00. The molecule has 1 aromatic heterocycles. The number of hydrogen-bond acceptors (Lipinski definition) is 4. The van der Waals surface area contributed by atoms with Crippen LogP contribution in [0, 0.1) is 0 Å². The third-order valence-electron chi connectivity index (χ3n) is 3.70. The zero-order valence-electron chi connectivity index (χ0n) is 13.9. The van der Waals surface area contributed by atoms with Crippen LogP contribution in [-0.4, -0.2) is 29.7 Å². The van der Waals surface area contributed by atoms with Crippen LogP contribution in [0.5, 0.6) is 5.88 Å². The maximum Gasteiger partial charge on any atom is 0.216 e. The summed E-state index contributed by atoms with van der Waals surface area (Å²) in [4.78, 5) is 8.43. The molecule has 21 heavy (non-hydrogen) atoms. The van der Waals surface area contributed by atoms with Gasteiger partial charge in [-0.3, -0.25) is 0 Å². The molecule has 0 aliphatic rings. The van der Waals surface area contributed by atoms with Crippen LogP contribution in [0.1, 0.15) is 64.5 Å². The molecule has 0 aliphatic heterocycles. The van der Waals surface area contributed by atoms with E-state index in [9.17, 15) is 0 Å². The second-order valence-corrected chi connectivity index (χ2v) is 5.61. The number of nitrogens with one attached hydrogen (secondary N) is 1. The number of hydrogen-bond donors (Lipinski definition) is 1. The monoisotopic (exact) mass is 293 g/mol. The summed E-state index contributed by atoms with van der Waals surface area (Å²) in [5.41, 5.74) is 1.06. The molecule has 4 heteroatoms. The van der Waals surface area contributed by atoms with E-state index in [1.54, 1.807) is 13.4 Å². The second kappa shape index (κ2) is 11.5. The van der Waals surface area contributed by atoms with Crippen LogP contribution < -0.4 is 10.1 Å². The van der Waals surface area contributed by atoms with Crippen molar-refractivity contribution in [2.45, 2.75) is 71.3 Å². The molecule has 0 radical (unpaired) electrons. The van der Waals surface area contributed by atoms with Gasteiger partial charge in [-0.25, -0.2) is 9.97 Å². The van der Waals surface area contributed by atoms with Crippen molar-refractivity contribution in [3.05, 3.63) is 18.1 Å². The van der Waals surface area contributed by atoms with Crippen molar-refractivity contribution in [2.75, 3.05) is 13.7 Å². The first kappa shape index (κ1) is 17.9. The van der Waals surface area contributed by atoms with Crippen molar-refractivity contribution in [3.63, 3.8) is 0 Å². The molecule has 0 bridgehead atoms. The average molecular weight is 293 g/mol. The SMILES string of the molecule is CCCCCCCC(Cc1cc(OC)ncn1)NCCC. The van der Waals surface area contributed by atoms with Crippen LogP contribution in [0.25, 0.3) is 0 Å². The summed E-state index contributed by atoms with van der Waals surface area (Å²) in [6, 6.07) is 2.45. The lowest BCUT2D eigenvalue weighted by Gasteiger charge is -2.18. The summed E-state index contributed by atoms with van der Waals surface area (Å²) in [6.45, 7) is 5.54. The number of nitrogens with zero attached hydrogens (tertiary/aromatic N) is 2. The van der Waals surface area contributed by atoms with Gasteiger partial charge in [0.25, 0.3) is 0 Å². The van der Waals surface area contributed by atoms with E-state index in [1.807, 2.05) is 6.07 Å².